The van der Waals surface area contributed by atoms with Crippen molar-refractivity contribution in [2.24, 2.45) is 5.92 Å². The molecule has 26 heavy (non-hydrogen) atoms. The van der Waals surface area contributed by atoms with Crippen LogP contribution in [-0.4, -0.2) is 41.1 Å². The van der Waals surface area contributed by atoms with E-state index in [-0.39, 0.29) is 5.95 Å². The van der Waals surface area contributed by atoms with E-state index in [4.69, 9.17) is 16.2 Å². The van der Waals surface area contributed by atoms with Gasteiger partial charge in [0.1, 0.15) is 11.6 Å². The fourth-order valence-corrected chi connectivity index (χ4v) is 3.66. The van der Waals surface area contributed by atoms with E-state index in [0.717, 1.165) is 16.7 Å². The van der Waals surface area contributed by atoms with E-state index >= 15 is 0 Å². The molecule has 6 nitrogen and oxygen atoms in total. The van der Waals surface area contributed by atoms with Crippen LogP contribution in [0.1, 0.15) is 45.4 Å². The van der Waals surface area contributed by atoms with Gasteiger partial charge in [0.05, 0.1) is 17.5 Å². The van der Waals surface area contributed by atoms with Crippen molar-refractivity contribution in [2.45, 2.75) is 45.4 Å². The van der Waals surface area contributed by atoms with Gasteiger partial charge in [-0.3, -0.25) is 0 Å². The highest BCUT2D eigenvalue weighted by Crippen LogP contribution is 2.30. The summed E-state index contributed by atoms with van der Waals surface area (Å²) in [7, 11) is 0. The number of fused-ring (bicyclic) bond motifs is 1. The van der Waals surface area contributed by atoms with Gasteiger partial charge in [0.15, 0.2) is 0 Å². The Morgan fingerprint density at radius 1 is 1.12 bits per heavy atom. The molecule has 1 aliphatic rings. The standard InChI is InChI=1S/C20H31N5O/c1-2-3-4-5-11-25-12-9-15(10-13-25)14-26-17-8-6-7-16-18(17)19(21)24-20(22)23-16/h6-8,15H,2-5,9-14H2,1H3,(H4,21,22,23,24). The summed E-state index contributed by atoms with van der Waals surface area (Å²) in [6.07, 6.45) is 7.72. The van der Waals surface area contributed by atoms with Crippen LogP contribution in [0, 0.1) is 5.92 Å². The van der Waals surface area contributed by atoms with Crippen LogP contribution in [0.3, 0.4) is 0 Å². The average Bonchev–Trinajstić information content (AvgIpc) is 2.64. The van der Waals surface area contributed by atoms with Crippen LogP contribution in [0.4, 0.5) is 11.8 Å². The molecule has 1 aromatic heterocycles. The lowest BCUT2D eigenvalue weighted by molar-refractivity contribution is 0.140. The van der Waals surface area contributed by atoms with Gasteiger partial charge in [-0.25, -0.2) is 4.98 Å². The number of unbranched alkanes of at least 4 members (excludes halogenated alkanes) is 3. The van der Waals surface area contributed by atoms with E-state index < -0.39 is 0 Å². The van der Waals surface area contributed by atoms with Gasteiger partial charge in [-0.05, 0) is 56.9 Å². The summed E-state index contributed by atoms with van der Waals surface area (Å²) in [4.78, 5) is 10.9. The summed E-state index contributed by atoms with van der Waals surface area (Å²) in [6, 6.07) is 5.73. The van der Waals surface area contributed by atoms with Crippen LogP contribution in [0.2, 0.25) is 0 Å². The summed E-state index contributed by atoms with van der Waals surface area (Å²) in [6.45, 7) is 6.57. The van der Waals surface area contributed by atoms with Crippen molar-refractivity contribution in [1.82, 2.24) is 14.9 Å². The minimum Gasteiger partial charge on any atom is -0.492 e. The predicted molar refractivity (Wildman–Crippen MR) is 107 cm³/mol. The van der Waals surface area contributed by atoms with E-state index in [0.29, 0.717) is 18.3 Å². The second-order valence-corrected chi connectivity index (χ2v) is 7.27. The van der Waals surface area contributed by atoms with E-state index in [9.17, 15) is 0 Å². The number of benzene rings is 1. The molecule has 0 amide bonds. The Morgan fingerprint density at radius 2 is 1.92 bits per heavy atom. The number of nitrogens with zero attached hydrogens (tertiary/aromatic N) is 3. The summed E-state index contributed by atoms with van der Waals surface area (Å²) in [5.41, 5.74) is 12.4. The Kier molecular flexibility index (Phi) is 6.50. The number of likely N-dealkylation sites (tertiary alicyclic amines) is 1. The summed E-state index contributed by atoms with van der Waals surface area (Å²) in [5, 5.41) is 0.759. The third-order valence-corrected chi connectivity index (χ3v) is 5.24. The number of ether oxygens (including phenoxy) is 1. The second kappa shape index (κ2) is 9.03. The third-order valence-electron chi connectivity index (χ3n) is 5.24. The molecule has 1 aromatic carbocycles. The molecule has 1 fully saturated rings. The molecule has 6 heteroatoms. The molecule has 0 atom stereocenters. The number of aromatic nitrogens is 2. The number of hydrogen-bond donors (Lipinski definition) is 2. The van der Waals surface area contributed by atoms with Crippen molar-refractivity contribution in [3.63, 3.8) is 0 Å². The zero-order chi connectivity index (χ0) is 18.4. The highest BCUT2D eigenvalue weighted by Gasteiger charge is 2.20. The third kappa shape index (κ3) is 4.75. The molecule has 0 saturated carbocycles. The molecule has 0 radical (unpaired) electrons. The monoisotopic (exact) mass is 357 g/mol. The quantitative estimate of drug-likeness (QED) is 0.703. The highest BCUT2D eigenvalue weighted by atomic mass is 16.5. The fraction of sp³-hybridized carbons (Fsp3) is 0.600. The van der Waals surface area contributed by atoms with Crippen LogP contribution in [-0.2, 0) is 0 Å². The van der Waals surface area contributed by atoms with Crippen molar-refractivity contribution in [3.05, 3.63) is 18.2 Å². The topological polar surface area (TPSA) is 90.3 Å². The van der Waals surface area contributed by atoms with Crippen molar-refractivity contribution >= 4 is 22.7 Å². The Labute approximate surface area is 155 Å². The molecule has 4 N–H and O–H groups in total. The molecule has 0 unspecified atom stereocenters. The fourth-order valence-electron chi connectivity index (χ4n) is 3.66. The maximum atomic E-state index is 6.11. The smallest absolute Gasteiger partial charge is 0.222 e. The van der Waals surface area contributed by atoms with Crippen molar-refractivity contribution < 1.29 is 4.74 Å². The Morgan fingerprint density at radius 3 is 2.69 bits per heavy atom. The minimum absolute atomic E-state index is 0.193. The van der Waals surface area contributed by atoms with Gasteiger partial charge in [0.2, 0.25) is 5.95 Å². The Bertz CT molecular complexity index is 713. The largest absolute Gasteiger partial charge is 0.492 e. The SMILES string of the molecule is CCCCCCN1CCC(COc2cccc3nc(N)nc(N)c23)CC1. The molecule has 0 bridgehead atoms. The van der Waals surface area contributed by atoms with Gasteiger partial charge in [-0.15, -0.1) is 0 Å². The zero-order valence-electron chi connectivity index (χ0n) is 15.8. The highest BCUT2D eigenvalue weighted by molar-refractivity contribution is 5.94. The normalized spacial score (nSPS) is 16.2. The Balaban J connectivity index is 1.51. The van der Waals surface area contributed by atoms with Gasteiger partial charge in [-0.2, -0.15) is 4.98 Å². The van der Waals surface area contributed by atoms with E-state index in [1.165, 1.54) is 58.2 Å². The first-order valence-corrected chi connectivity index (χ1v) is 9.84. The lowest BCUT2D eigenvalue weighted by atomic mass is 9.97. The Hall–Kier alpha value is -2.08. The number of nitrogens with two attached hydrogens (primary N) is 2. The number of hydrogen-bond acceptors (Lipinski definition) is 6. The predicted octanol–water partition coefficient (Wildman–Crippen LogP) is 3.47. The van der Waals surface area contributed by atoms with Crippen molar-refractivity contribution in [1.29, 1.82) is 0 Å². The first kappa shape index (κ1) is 18.7. The van der Waals surface area contributed by atoms with Gasteiger partial charge < -0.3 is 21.1 Å². The molecule has 142 valence electrons. The lowest BCUT2D eigenvalue weighted by Crippen LogP contribution is -2.36. The molecule has 1 aliphatic heterocycles. The number of anilines is 2. The number of rotatable bonds is 8. The molecule has 0 aliphatic carbocycles. The van der Waals surface area contributed by atoms with Gasteiger partial charge in [-0.1, -0.05) is 32.3 Å². The molecular weight excluding hydrogens is 326 g/mol. The zero-order valence-corrected chi connectivity index (χ0v) is 15.8. The molecule has 3 rings (SSSR count). The summed E-state index contributed by atoms with van der Waals surface area (Å²) >= 11 is 0. The second-order valence-electron chi connectivity index (χ2n) is 7.27. The molecule has 1 saturated heterocycles. The number of nitrogen functional groups attached to an aromatic ring is 2. The summed E-state index contributed by atoms with van der Waals surface area (Å²) < 4.78 is 6.11. The average molecular weight is 358 g/mol. The van der Waals surface area contributed by atoms with E-state index in [2.05, 4.69) is 21.8 Å². The van der Waals surface area contributed by atoms with Crippen LogP contribution in [0.5, 0.6) is 5.75 Å². The molecule has 2 aromatic rings. The lowest BCUT2D eigenvalue weighted by Gasteiger charge is -2.31. The minimum atomic E-state index is 0.193. The number of piperidine rings is 1. The van der Waals surface area contributed by atoms with Crippen LogP contribution >= 0.6 is 0 Å². The maximum Gasteiger partial charge on any atom is 0.222 e. The van der Waals surface area contributed by atoms with Crippen LogP contribution in [0.25, 0.3) is 10.9 Å². The molecule has 2 heterocycles. The van der Waals surface area contributed by atoms with Crippen molar-refractivity contribution in [3.8, 4) is 5.75 Å². The molecule has 0 spiro atoms. The van der Waals surface area contributed by atoms with E-state index in [1.807, 2.05) is 18.2 Å². The van der Waals surface area contributed by atoms with Crippen LogP contribution in [0.15, 0.2) is 18.2 Å². The first-order chi connectivity index (χ1) is 12.7. The van der Waals surface area contributed by atoms with Gasteiger partial charge >= 0.3 is 0 Å². The van der Waals surface area contributed by atoms with Crippen LogP contribution < -0.4 is 16.2 Å². The first-order valence-electron chi connectivity index (χ1n) is 9.84. The summed E-state index contributed by atoms with van der Waals surface area (Å²) in [5.74, 6) is 1.92. The van der Waals surface area contributed by atoms with Crippen molar-refractivity contribution in [2.75, 3.05) is 37.7 Å². The van der Waals surface area contributed by atoms with Gasteiger partial charge in [0.25, 0.3) is 0 Å². The maximum absolute atomic E-state index is 6.11. The van der Waals surface area contributed by atoms with Gasteiger partial charge in [0, 0.05) is 0 Å². The van der Waals surface area contributed by atoms with E-state index in [1.54, 1.807) is 0 Å². The molecular formula is C20H31N5O.